The third kappa shape index (κ3) is 4.87. The highest BCUT2D eigenvalue weighted by molar-refractivity contribution is 6.38. The van der Waals surface area contributed by atoms with E-state index in [4.69, 9.17) is 23.2 Å². The minimum atomic E-state index is -4.45. The van der Waals surface area contributed by atoms with Gasteiger partial charge < -0.3 is 0 Å². The molecule has 0 fully saturated rings. The van der Waals surface area contributed by atoms with Crippen molar-refractivity contribution in [2.24, 2.45) is 5.16 Å². The van der Waals surface area contributed by atoms with Crippen molar-refractivity contribution < 1.29 is 22.8 Å². The van der Waals surface area contributed by atoms with E-state index in [1.165, 1.54) is 0 Å². The number of alkyl halides is 3. The normalized spacial score (nSPS) is 11.5. The van der Waals surface area contributed by atoms with E-state index in [1.54, 1.807) is 18.2 Å². The Kier molecular flexibility index (Phi) is 5.69. The molecule has 126 valence electrons. The molecule has 2 rings (SSSR count). The van der Waals surface area contributed by atoms with Crippen LogP contribution in [0.25, 0.3) is 0 Å². The average molecular weight is 377 g/mol. The van der Waals surface area contributed by atoms with Crippen molar-refractivity contribution in [1.82, 2.24) is 0 Å². The molecule has 0 aliphatic rings. The summed E-state index contributed by atoms with van der Waals surface area (Å²) in [6.45, 7) is 0. The van der Waals surface area contributed by atoms with Gasteiger partial charge in [-0.1, -0.05) is 34.4 Å². The van der Waals surface area contributed by atoms with Crippen LogP contribution < -0.4 is 5.32 Å². The molecule has 2 aromatic rings. The second-order valence-electron chi connectivity index (χ2n) is 4.45. The van der Waals surface area contributed by atoms with Crippen LogP contribution in [0.1, 0.15) is 11.1 Å². The van der Waals surface area contributed by atoms with Gasteiger partial charge in [-0.05, 0) is 36.4 Å². The molecule has 1 amide bonds. The predicted molar refractivity (Wildman–Crippen MR) is 85.6 cm³/mol. The van der Waals surface area contributed by atoms with Crippen molar-refractivity contribution in [3.8, 4) is 0 Å². The predicted octanol–water partition coefficient (Wildman–Crippen LogP) is 5.59. The zero-order chi connectivity index (χ0) is 17.7. The number of rotatable bonds is 3. The number of anilines is 1. The molecule has 0 unspecified atom stereocenters. The highest BCUT2D eigenvalue weighted by Gasteiger charge is 2.29. The van der Waals surface area contributed by atoms with Crippen molar-refractivity contribution in [3.63, 3.8) is 0 Å². The van der Waals surface area contributed by atoms with Crippen LogP contribution in [0.2, 0.25) is 10.0 Å². The Labute approximate surface area is 144 Å². The van der Waals surface area contributed by atoms with Crippen LogP contribution in [0.3, 0.4) is 0 Å². The van der Waals surface area contributed by atoms with Gasteiger partial charge in [-0.25, -0.2) is 4.79 Å². The van der Waals surface area contributed by atoms with Gasteiger partial charge in [0.25, 0.3) is 0 Å². The molecule has 9 heteroatoms. The summed E-state index contributed by atoms with van der Waals surface area (Å²) in [7, 11) is 0. The van der Waals surface area contributed by atoms with Crippen LogP contribution in [0.5, 0.6) is 0 Å². The topological polar surface area (TPSA) is 50.7 Å². The molecule has 0 heterocycles. The molecular formula is C15H9Cl2F3N2O2. The van der Waals surface area contributed by atoms with E-state index in [-0.39, 0.29) is 5.69 Å². The third-order valence-corrected chi connectivity index (χ3v) is 3.43. The van der Waals surface area contributed by atoms with Gasteiger partial charge in [0.2, 0.25) is 0 Å². The van der Waals surface area contributed by atoms with Crippen LogP contribution in [0.4, 0.5) is 23.7 Å². The van der Waals surface area contributed by atoms with Crippen molar-refractivity contribution in [2.75, 3.05) is 5.32 Å². The number of nitrogens with one attached hydrogen (secondary N) is 1. The third-order valence-electron chi connectivity index (χ3n) is 2.78. The number of hydrogen-bond donors (Lipinski definition) is 1. The van der Waals surface area contributed by atoms with E-state index in [9.17, 15) is 18.0 Å². The molecular weight excluding hydrogens is 368 g/mol. The lowest BCUT2D eigenvalue weighted by Crippen LogP contribution is -2.11. The maximum absolute atomic E-state index is 12.4. The zero-order valence-electron chi connectivity index (χ0n) is 11.8. The van der Waals surface area contributed by atoms with E-state index in [0.717, 1.165) is 30.5 Å². The molecule has 0 aliphatic heterocycles. The highest BCUT2D eigenvalue weighted by Crippen LogP contribution is 2.29. The number of oxime groups is 1. The molecule has 0 bridgehead atoms. The first-order valence-corrected chi connectivity index (χ1v) is 7.15. The number of halogens is 5. The van der Waals surface area contributed by atoms with E-state index in [2.05, 4.69) is 15.3 Å². The summed E-state index contributed by atoms with van der Waals surface area (Å²) >= 11 is 11.8. The largest absolute Gasteiger partial charge is 0.437 e. The van der Waals surface area contributed by atoms with Crippen molar-refractivity contribution >= 4 is 41.2 Å². The second-order valence-corrected chi connectivity index (χ2v) is 5.26. The number of nitrogens with zero attached hydrogens (tertiary/aromatic N) is 1. The van der Waals surface area contributed by atoms with E-state index < -0.39 is 17.8 Å². The van der Waals surface area contributed by atoms with Crippen molar-refractivity contribution in [1.29, 1.82) is 0 Å². The summed E-state index contributed by atoms with van der Waals surface area (Å²) in [5.41, 5.74) is -0.338. The van der Waals surface area contributed by atoms with Gasteiger partial charge in [0.05, 0.1) is 21.8 Å². The lowest BCUT2D eigenvalue weighted by molar-refractivity contribution is -0.137. The minimum Gasteiger partial charge on any atom is -0.298 e. The average Bonchev–Trinajstić information content (AvgIpc) is 2.50. The Hall–Kier alpha value is -2.25. The molecule has 0 spiro atoms. The van der Waals surface area contributed by atoms with Crippen LogP contribution in [-0.2, 0) is 11.0 Å². The molecule has 0 aliphatic carbocycles. The first-order chi connectivity index (χ1) is 11.3. The van der Waals surface area contributed by atoms with Gasteiger partial charge in [0, 0.05) is 11.3 Å². The number of hydrogen-bond acceptors (Lipinski definition) is 3. The number of benzene rings is 2. The Bertz CT molecular complexity index is 742. The molecule has 4 nitrogen and oxygen atoms in total. The van der Waals surface area contributed by atoms with Gasteiger partial charge >= 0.3 is 12.3 Å². The Morgan fingerprint density at radius 2 is 1.67 bits per heavy atom. The number of carbonyl (C=O) groups excluding carboxylic acids is 1. The molecule has 0 saturated heterocycles. The quantitative estimate of drug-likeness (QED) is 0.430. The molecule has 0 aromatic heterocycles. The van der Waals surface area contributed by atoms with Crippen LogP contribution >= 0.6 is 23.2 Å². The molecule has 0 radical (unpaired) electrons. The fraction of sp³-hybridized carbons (Fsp3) is 0.0667. The molecule has 0 atom stereocenters. The van der Waals surface area contributed by atoms with Gasteiger partial charge in [0.15, 0.2) is 0 Å². The summed E-state index contributed by atoms with van der Waals surface area (Å²) in [4.78, 5) is 16.1. The van der Waals surface area contributed by atoms with Crippen LogP contribution in [-0.4, -0.2) is 12.3 Å². The van der Waals surface area contributed by atoms with Crippen molar-refractivity contribution in [2.45, 2.75) is 6.18 Å². The van der Waals surface area contributed by atoms with E-state index in [0.29, 0.717) is 15.6 Å². The fourth-order valence-corrected chi connectivity index (χ4v) is 2.14. The van der Waals surface area contributed by atoms with Crippen molar-refractivity contribution in [3.05, 3.63) is 63.6 Å². The minimum absolute atomic E-state index is 0.124. The maximum atomic E-state index is 12.4. The van der Waals surface area contributed by atoms with Crippen LogP contribution in [0.15, 0.2) is 47.6 Å². The first kappa shape index (κ1) is 18.1. The molecule has 0 saturated carbocycles. The first-order valence-electron chi connectivity index (χ1n) is 6.40. The summed E-state index contributed by atoms with van der Waals surface area (Å²) in [5.74, 6) is 0. The number of amides is 1. The number of carbonyl (C=O) groups is 1. The molecule has 1 N–H and O–H groups in total. The van der Waals surface area contributed by atoms with Gasteiger partial charge in [-0.15, -0.1) is 0 Å². The Morgan fingerprint density at radius 1 is 1.08 bits per heavy atom. The van der Waals surface area contributed by atoms with Gasteiger partial charge in [-0.3, -0.25) is 10.2 Å². The van der Waals surface area contributed by atoms with Gasteiger partial charge in [-0.2, -0.15) is 13.2 Å². The standard InChI is InChI=1S/C15H9Cl2F3N2O2/c16-12-2-1-3-13(17)11(12)8-21-24-14(23)22-10-6-4-9(5-7-10)15(18,19)20/h1-8H,(H,22,23)/b21-8+. The second kappa shape index (κ2) is 7.55. The lowest BCUT2D eigenvalue weighted by Gasteiger charge is -2.07. The summed E-state index contributed by atoms with van der Waals surface area (Å²) < 4.78 is 37.3. The fourth-order valence-electron chi connectivity index (χ4n) is 1.64. The highest BCUT2D eigenvalue weighted by atomic mass is 35.5. The Balaban J connectivity index is 1.95. The lowest BCUT2D eigenvalue weighted by atomic mass is 10.2. The maximum Gasteiger partial charge on any atom is 0.437 e. The van der Waals surface area contributed by atoms with E-state index in [1.807, 2.05) is 0 Å². The monoisotopic (exact) mass is 376 g/mol. The summed E-state index contributed by atoms with van der Waals surface area (Å²) in [5, 5.41) is 6.29. The molecule has 2 aromatic carbocycles. The molecule has 24 heavy (non-hydrogen) atoms. The summed E-state index contributed by atoms with van der Waals surface area (Å²) in [6, 6.07) is 8.66. The SMILES string of the molecule is O=C(Nc1ccc(C(F)(F)F)cc1)O/N=C/c1c(Cl)cccc1Cl. The van der Waals surface area contributed by atoms with Gasteiger partial charge in [0.1, 0.15) is 0 Å². The smallest absolute Gasteiger partial charge is 0.298 e. The van der Waals surface area contributed by atoms with Crippen LogP contribution in [0, 0.1) is 0 Å². The Morgan fingerprint density at radius 3 is 2.21 bits per heavy atom. The zero-order valence-corrected chi connectivity index (χ0v) is 13.3. The van der Waals surface area contributed by atoms with E-state index >= 15 is 0 Å². The summed E-state index contributed by atoms with van der Waals surface area (Å²) in [6.07, 6.45) is -4.27.